The number of esters is 2. The van der Waals surface area contributed by atoms with Crippen LogP contribution in [-0.4, -0.2) is 11.9 Å². The van der Waals surface area contributed by atoms with Crippen LogP contribution in [0.2, 0.25) is 0 Å². The number of hydrogen-bond donors (Lipinski definition) is 0. The summed E-state index contributed by atoms with van der Waals surface area (Å²) >= 11 is 0. The Balaban J connectivity index is 2.13. The average Bonchev–Trinajstić information content (AvgIpc) is 2.63. The standard InChI is InChI=1S/C9H8O3/c10-7-9(8(11)12-7)4-5-1-2-6(9)3-5/h4,6H,1-3H2. The van der Waals surface area contributed by atoms with Gasteiger partial charge in [-0.05, 0) is 25.2 Å². The van der Waals surface area contributed by atoms with E-state index < -0.39 is 5.41 Å². The van der Waals surface area contributed by atoms with Crippen molar-refractivity contribution in [2.75, 3.05) is 0 Å². The van der Waals surface area contributed by atoms with Crippen molar-refractivity contribution in [3.05, 3.63) is 11.6 Å². The fourth-order valence-corrected chi connectivity index (χ4v) is 2.58. The maximum Gasteiger partial charge on any atom is 0.335 e. The zero-order valence-electron chi connectivity index (χ0n) is 6.50. The maximum atomic E-state index is 11.2. The van der Waals surface area contributed by atoms with Crippen molar-refractivity contribution in [1.82, 2.24) is 0 Å². The van der Waals surface area contributed by atoms with E-state index in [0.717, 1.165) is 19.3 Å². The third-order valence-corrected chi connectivity index (χ3v) is 3.26. The van der Waals surface area contributed by atoms with Crippen LogP contribution in [0.4, 0.5) is 0 Å². The Morgan fingerprint density at radius 2 is 2.17 bits per heavy atom. The fraction of sp³-hybridized carbons (Fsp3) is 0.556. The van der Waals surface area contributed by atoms with E-state index in [1.165, 1.54) is 5.57 Å². The normalized spacial score (nSPS) is 35.0. The van der Waals surface area contributed by atoms with E-state index in [4.69, 9.17) is 0 Å². The minimum Gasteiger partial charge on any atom is -0.391 e. The van der Waals surface area contributed by atoms with Crippen LogP contribution < -0.4 is 0 Å². The second-order valence-electron chi connectivity index (χ2n) is 3.79. The maximum absolute atomic E-state index is 11.2. The zero-order valence-corrected chi connectivity index (χ0v) is 6.50. The number of fused-ring (bicyclic) bond motifs is 3. The van der Waals surface area contributed by atoms with E-state index in [0.29, 0.717) is 0 Å². The van der Waals surface area contributed by atoms with Gasteiger partial charge in [0, 0.05) is 0 Å². The summed E-state index contributed by atoms with van der Waals surface area (Å²) in [5.74, 6) is -0.430. The largest absolute Gasteiger partial charge is 0.391 e. The first-order valence-corrected chi connectivity index (χ1v) is 4.21. The summed E-state index contributed by atoms with van der Waals surface area (Å²) in [6, 6.07) is 0. The molecule has 12 heavy (non-hydrogen) atoms. The van der Waals surface area contributed by atoms with Crippen LogP contribution in [0.25, 0.3) is 0 Å². The molecule has 1 heterocycles. The van der Waals surface area contributed by atoms with Crippen molar-refractivity contribution in [3.8, 4) is 0 Å². The molecule has 2 fully saturated rings. The summed E-state index contributed by atoms with van der Waals surface area (Å²) < 4.78 is 4.41. The topological polar surface area (TPSA) is 43.4 Å². The van der Waals surface area contributed by atoms with Crippen molar-refractivity contribution in [2.45, 2.75) is 19.3 Å². The highest BCUT2D eigenvalue weighted by molar-refractivity contribution is 6.16. The Labute approximate surface area is 69.4 Å². The lowest BCUT2D eigenvalue weighted by atomic mass is 9.73. The molecule has 2 bridgehead atoms. The lowest BCUT2D eigenvalue weighted by Gasteiger charge is -2.36. The average molecular weight is 164 g/mol. The van der Waals surface area contributed by atoms with Crippen LogP contribution >= 0.6 is 0 Å². The van der Waals surface area contributed by atoms with Gasteiger partial charge in [-0.1, -0.05) is 11.6 Å². The van der Waals surface area contributed by atoms with Crippen molar-refractivity contribution in [1.29, 1.82) is 0 Å². The van der Waals surface area contributed by atoms with Gasteiger partial charge in [-0.25, -0.2) is 9.59 Å². The van der Waals surface area contributed by atoms with Crippen LogP contribution in [0.15, 0.2) is 11.6 Å². The summed E-state index contributed by atoms with van der Waals surface area (Å²) in [5, 5.41) is 0. The van der Waals surface area contributed by atoms with Gasteiger partial charge in [0.15, 0.2) is 5.41 Å². The molecule has 0 aromatic rings. The highest BCUT2D eigenvalue weighted by Crippen LogP contribution is 2.55. The predicted molar refractivity (Wildman–Crippen MR) is 39.0 cm³/mol. The predicted octanol–water partition coefficient (Wildman–Crippen LogP) is 0.796. The molecule has 0 radical (unpaired) electrons. The van der Waals surface area contributed by atoms with Gasteiger partial charge in [0.05, 0.1) is 0 Å². The summed E-state index contributed by atoms with van der Waals surface area (Å²) in [7, 11) is 0. The molecule has 1 saturated carbocycles. The van der Waals surface area contributed by atoms with Crippen molar-refractivity contribution in [3.63, 3.8) is 0 Å². The van der Waals surface area contributed by atoms with Crippen molar-refractivity contribution < 1.29 is 14.3 Å². The molecule has 1 saturated heterocycles. The molecule has 1 spiro atoms. The van der Waals surface area contributed by atoms with Crippen LogP contribution in [0, 0.1) is 11.3 Å². The second kappa shape index (κ2) is 1.63. The zero-order chi connectivity index (χ0) is 8.34. The molecule has 1 unspecified atom stereocenters. The quantitative estimate of drug-likeness (QED) is 0.302. The molecule has 0 N–H and O–H groups in total. The van der Waals surface area contributed by atoms with Crippen molar-refractivity contribution in [2.24, 2.45) is 11.3 Å². The Kier molecular flexibility index (Phi) is 0.868. The van der Waals surface area contributed by atoms with E-state index in [-0.39, 0.29) is 17.9 Å². The molecule has 0 aromatic carbocycles. The number of hydrogen-bond acceptors (Lipinski definition) is 3. The summed E-state index contributed by atoms with van der Waals surface area (Å²) in [5.41, 5.74) is 0.457. The molecular formula is C9H8O3. The molecular weight excluding hydrogens is 156 g/mol. The van der Waals surface area contributed by atoms with E-state index in [2.05, 4.69) is 4.74 Å². The van der Waals surface area contributed by atoms with E-state index in [9.17, 15) is 9.59 Å². The van der Waals surface area contributed by atoms with Gasteiger partial charge >= 0.3 is 11.9 Å². The number of rotatable bonds is 0. The third kappa shape index (κ3) is 0.453. The Hall–Kier alpha value is -1.12. The fourth-order valence-electron chi connectivity index (χ4n) is 2.58. The molecule has 3 aliphatic rings. The third-order valence-electron chi connectivity index (χ3n) is 3.26. The lowest BCUT2D eigenvalue weighted by Crippen LogP contribution is -2.55. The van der Waals surface area contributed by atoms with Crippen LogP contribution in [0.3, 0.4) is 0 Å². The molecule has 1 atom stereocenters. The van der Waals surface area contributed by atoms with Gasteiger partial charge in [0.1, 0.15) is 0 Å². The summed E-state index contributed by atoms with van der Waals surface area (Å²) in [6.45, 7) is 0. The van der Waals surface area contributed by atoms with Gasteiger partial charge in [-0.3, -0.25) is 0 Å². The minimum atomic E-state index is -0.812. The van der Waals surface area contributed by atoms with Crippen LogP contribution in [-0.2, 0) is 14.3 Å². The molecule has 1 aliphatic heterocycles. The number of carbonyl (C=O) groups is 2. The molecule has 0 amide bonds. The van der Waals surface area contributed by atoms with Crippen LogP contribution in [0.5, 0.6) is 0 Å². The first kappa shape index (κ1) is 6.40. The molecule has 62 valence electrons. The smallest absolute Gasteiger partial charge is 0.335 e. The van der Waals surface area contributed by atoms with Gasteiger partial charge in [-0.15, -0.1) is 0 Å². The monoisotopic (exact) mass is 164 g/mol. The van der Waals surface area contributed by atoms with Gasteiger partial charge < -0.3 is 4.74 Å². The minimum absolute atomic E-state index is 0.223. The Bertz CT molecular complexity index is 313. The Morgan fingerprint density at radius 1 is 1.42 bits per heavy atom. The molecule has 3 nitrogen and oxygen atoms in total. The molecule has 3 rings (SSSR count). The van der Waals surface area contributed by atoms with Crippen molar-refractivity contribution >= 4 is 11.9 Å². The molecule has 2 aliphatic carbocycles. The van der Waals surface area contributed by atoms with Gasteiger partial charge in [0.25, 0.3) is 0 Å². The first-order valence-electron chi connectivity index (χ1n) is 4.21. The molecule has 0 aromatic heterocycles. The number of ether oxygens (including phenoxy) is 1. The second-order valence-corrected chi connectivity index (χ2v) is 3.79. The van der Waals surface area contributed by atoms with Gasteiger partial charge in [0.2, 0.25) is 0 Å². The number of allylic oxidation sites excluding steroid dienone is 1. The first-order chi connectivity index (χ1) is 5.73. The summed E-state index contributed by atoms with van der Waals surface area (Å²) in [6.07, 6.45) is 4.82. The summed E-state index contributed by atoms with van der Waals surface area (Å²) in [4.78, 5) is 22.3. The highest BCUT2D eigenvalue weighted by atomic mass is 16.6. The van der Waals surface area contributed by atoms with E-state index in [1.807, 2.05) is 6.08 Å². The van der Waals surface area contributed by atoms with E-state index in [1.54, 1.807) is 0 Å². The van der Waals surface area contributed by atoms with Crippen LogP contribution in [0.1, 0.15) is 19.3 Å². The number of carbonyl (C=O) groups excluding carboxylic acids is 2. The number of cyclic esters (lactones) is 2. The molecule has 3 heteroatoms. The van der Waals surface area contributed by atoms with Gasteiger partial charge in [-0.2, -0.15) is 0 Å². The van der Waals surface area contributed by atoms with E-state index >= 15 is 0 Å². The highest BCUT2D eigenvalue weighted by Gasteiger charge is 2.65. The SMILES string of the molecule is O=C1OC(=O)C12C=C1CCC2C1. The lowest BCUT2D eigenvalue weighted by molar-refractivity contribution is -0.195. The Morgan fingerprint density at radius 3 is 2.50 bits per heavy atom.